The molecule has 0 spiro atoms. The number of rotatable bonds is 9. The minimum Gasteiger partial charge on any atom is -0.351 e. The van der Waals surface area contributed by atoms with Crippen LogP contribution in [0.3, 0.4) is 0 Å². The predicted molar refractivity (Wildman–Crippen MR) is 205 cm³/mol. The van der Waals surface area contributed by atoms with E-state index in [1.165, 1.54) is 22.9 Å². The van der Waals surface area contributed by atoms with Crippen molar-refractivity contribution < 1.29 is 18.0 Å². The van der Waals surface area contributed by atoms with E-state index in [-0.39, 0.29) is 23.3 Å². The van der Waals surface area contributed by atoms with Gasteiger partial charge in [-0.25, -0.2) is 23.2 Å². The van der Waals surface area contributed by atoms with Gasteiger partial charge < -0.3 is 5.32 Å². The van der Waals surface area contributed by atoms with Crippen molar-refractivity contribution in [1.82, 2.24) is 44.1 Å². The first-order chi connectivity index (χ1) is 26.0. The normalized spacial score (nSPS) is 18.4. The van der Waals surface area contributed by atoms with Crippen molar-refractivity contribution in [3.8, 4) is 11.3 Å². The van der Waals surface area contributed by atoms with E-state index in [0.717, 1.165) is 53.8 Å². The van der Waals surface area contributed by atoms with Gasteiger partial charge in [0.25, 0.3) is 0 Å². The first kappa shape index (κ1) is 36.1. The van der Waals surface area contributed by atoms with E-state index in [1.807, 2.05) is 30.9 Å². The van der Waals surface area contributed by atoms with Crippen LogP contribution in [0.15, 0.2) is 65.8 Å². The molecule has 2 aromatic carbocycles. The molecule has 0 aliphatic carbocycles. The average molecular weight is 772 g/mol. The van der Waals surface area contributed by atoms with E-state index in [4.69, 9.17) is 16.7 Å². The number of aromatic nitrogens is 6. The van der Waals surface area contributed by atoms with Gasteiger partial charge in [0.2, 0.25) is 21.9 Å². The molecule has 3 aliphatic rings. The summed E-state index contributed by atoms with van der Waals surface area (Å²) in [6.07, 6.45) is 6.58. The second-order valence-corrected chi connectivity index (χ2v) is 16.6. The molecule has 0 atom stereocenters. The Morgan fingerprint density at radius 3 is 2.39 bits per heavy atom. The highest BCUT2D eigenvalue weighted by Gasteiger charge is 2.31. The lowest BCUT2D eigenvalue weighted by Crippen LogP contribution is -2.49. The number of fused-ring (bicyclic) bond motifs is 1. The molecular formula is C37H42ClN11O4S. The smallest absolute Gasteiger partial charge is 0.329 e. The fraction of sp³-hybridized carbons (Fsp3) is 0.405. The summed E-state index contributed by atoms with van der Waals surface area (Å²) < 4.78 is 32.6. The molecule has 0 unspecified atom stereocenters. The number of hydrogen-bond acceptors (Lipinski definition) is 10. The van der Waals surface area contributed by atoms with Crippen molar-refractivity contribution in [2.24, 2.45) is 14.1 Å². The summed E-state index contributed by atoms with van der Waals surface area (Å²) in [4.78, 5) is 36.8. The van der Waals surface area contributed by atoms with E-state index in [0.29, 0.717) is 61.7 Å². The maximum atomic E-state index is 13.7. The Bertz CT molecular complexity index is 2310. The van der Waals surface area contributed by atoms with E-state index in [2.05, 4.69) is 48.8 Å². The average Bonchev–Trinajstić information content (AvgIpc) is 3.71. The number of hydrogen-bond donors (Lipinski definition) is 2. The molecule has 17 heteroatoms. The fourth-order valence-electron chi connectivity index (χ4n) is 7.78. The molecule has 3 aromatic heterocycles. The molecule has 0 bridgehead atoms. The number of urea groups is 1. The Morgan fingerprint density at radius 1 is 0.889 bits per heavy atom. The molecule has 8 rings (SSSR count). The van der Waals surface area contributed by atoms with Gasteiger partial charge in [-0.3, -0.25) is 29.3 Å². The number of halogens is 1. The molecule has 3 saturated heterocycles. The van der Waals surface area contributed by atoms with Crippen LogP contribution in [0.2, 0.25) is 5.02 Å². The minimum absolute atomic E-state index is 0.0688. The lowest BCUT2D eigenvalue weighted by molar-refractivity contribution is -0.120. The highest BCUT2D eigenvalue weighted by atomic mass is 35.5. The molecule has 0 saturated carbocycles. The molecule has 3 amide bonds. The summed E-state index contributed by atoms with van der Waals surface area (Å²) in [5.41, 5.74) is 4.80. The predicted octanol–water partition coefficient (Wildman–Crippen LogP) is 4.51. The summed E-state index contributed by atoms with van der Waals surface area (Å²) in [5, 5.41) is 16.5. The summed E-state index contributed by atoms with van der Waals surface area (Å²) in [6, 6.07) is 15.2. The van der Waals surface area contributed by atoms with Crippen molar-refractivity contribution >= 4 is 56.2 Å². The van der Waals surface area contributed by atoms with Gasteiger partial charge in [0.15, 0.2) is 5.82 Å². The van der Waals surface area contributed by atoms with Crippen molar-refractivity contribution in [2.75, 3.05) is 42.9 Å². The van der Waals surface area contributed by atoms with Crippen molar-refractivity contribution in [1.29, 1.82) is 0 Å². The molecule has 54 heavy (non-hydrogen) atoms. The fourth-order valence-corrected chi connectivity index (χ4v) is 9.39. The number of anilines is 2. The van der Waals surface area contributed by atoms with Gasteiger partial charge in [0.05, 0.1) is 39.2 Å². The van der Waals surface area contributed by atoms with Crippen LogP contribution in [-0.2, 0) is 35.5 Å². The third-order valence-corrected chi connectivity index (χ3v) is 12.8. The summed E-state index contributed by atoms with van der Waals surface area (Å²) in [6.45, 7) is 3.63. The molecule has 3 aliphatic heterocycles. The Morgan fingerprint density at radius 2 is 1.65 bits per heavy atom. The number of sulfonamides is 1. The van der Waals surface area contributed by atoms with E-state index in [9.17, 15) is 18.0 Å². The Labute approximate surface area is 318 Å². The Kier molecular flexibility index (Phi) is 9.85. The van der Waals surface area contributed by atoms with Crippen LogP contribution in [0.25, 0.3) is 22.2 Å². The van der Waals surface area contributed by atoms with Crippen LogP contribution < -0.4 is 15.5 Å². The number of amides is 3. The van der Waals surface area contributed by atoms with Crippen LogP contribution in [0.1, 0.15) is 49.3 Å². The number of carbonyl (C=O) groups excluding carboxylic acids is 2. The standard InChI is InChI=1S/C37H42ClN11O4S/c1-45-32(26-4-3-5-30(18-26)54(52,53)48-15-10-28(11-16-48)41-36-39-21-27(38)22-40-36)20-29(43-45)23-47-13-8-24(9-14-47)25-6-7-31-33(19-25)46(2)44-35(31)49-17-12-34(50)42-37(49)51/h3-7,18-22,24,28H,8-17,23H2,1-2H3,(H,39,40,41)(H,42,50,51). The minimum atomic E-state index is -3.69. The van der Waals surface area contributed by atoms with Gasteiger partial charge in [-0.1, -0.05) is 29.8 Å². The number of piperidine rings is 2. The third kappa shape index (κ3) is 7.30. The topological polar surface area (TPSA) is 163 Å². The Balaban J connectivity index is 0.882. The Hall–Kier alpha value is -4.90. The molecule has 282 valence electrons. The number of aryl methyl sites for hydroxylation is 2. The van der Waals surface area contributed by atoms with Gasteiger partial charge >= 0.3 is 6.03 Å². The van der Waals surface area contributed by atoms with E-state index >= 15 is 0 Å². The molecule has 5 aromatic rings. The lowest BCUT2D eigenvalue weighted by atomic mass is 9.89. The van der Waals surface area contributed by atoms with Crippen molar-refractivity contribution in [3.05, 3.63) is 77.2 Å². The lowest BCUT2D eigenvalue weighted by Gasteiger charge is -2.31. The number of nitrogens with one attached hydrogen (secondary N) is 2. The maximum absolute atomic E-state index is 13.7. The van der Waals surface area contributed by atoms with Crippen molar-refractivity contribution in [3.63, 3.8) is 0 Å². The number of carbonyl (C=O) groups is 2. The van der Waals surface area contributed by atoms with Crippen LogP contribution in [-0.4, -0.2) is 97.9 Å². The number of imide groups is 1. The summed E-state index contributed by atoms with van der Waals surface area (Å²) >= 11 is 5.89. The van der Waals surface area contributed by atoms with Gasteiger partial charge in [-0.15, -0.1) is 0 Å². The van der Waals surface area contributed by atoms with Crippen LogP contribution >= 0.6 is 11.6 Å². The molecule has 3 fully saturated rings. The maximum Gasteiger partial charge on any atom is 0.329 e. The molecule has 2 N–H and O–H groups in total. The highest BCUT2D eigenvalue weighted by Crippen LogP contribution is 2.34. The molecule has 6 heterocycles. The number of nitrogens with zero attached hydrogens (tertiary/aromatic N) is 9. The third-order valence-electron chi connectivity index (χ3n) is 10.7. The second kappa shape index (κ2) is 14.7. The second-order valence-electron chi connectivity index (χ2n) is 14.2. The molecule has 0 radical (unpaired) electrons. The first-order valence-corrected chi connectivity index (χ1v) is 20.0. The largest absolute Gasteiger partial charge is 0.351 e. The van der Waals surface area contributed by atoms with Crippen molar-refractivity contribution in [2.45, 2.75) is 55.5 Å². The summed E-state index contributed by atoms with van der Waals surface area (Å²) in [5.74, 6) is 1.17. The van der Waals surface area contributed by atoms with Gasteiger partial charge in [0.1, 0.15) is 0 Å². The number of likely N-dealkylation sites (tertiary alicyclic amines) is 1. The SMILES string of the molecule is Cn1nc(CN2CCC(c3ccc4c(N5CCC(=O)NC5=O)nn(C)c4c3)CC2)cc1-c1cccc(S(=O)(=O)N2CCC(Nc3ncc(Cl)cn3)CC2)c1. The summed E-state index contributed by atoms with van der Waals surface area (Å²) in [7, 11) is 0.0844. The van der Waals surface area contributed by atoms with Crippen LogP contribution in [0.4, 0.5) is 16.6 Å². The van der Waals surface area contributed by atoms with E-state index in [1.54, 1.807) is 27.2 Å². The molecule has 15 nitrogen and oxygen atoms in total. The van der Waals surface area contributed by atoms with Crippen LogP contribution in [0.5, 0.6) is 0 Å². The highest BCUT2D eigenvalue weighted by molar-refractivity contribution is 7.89. The first-order valence-electron chi connectivity index (χ1n) is 18.2. The quantitative estimate of drug-likeness (QED) is 0.218. The molecular weight excluding hydrogens is 730 g/mol. The van der Waals surface area contributed by atoms with Crippen LogP contribution in [0, 0.1) is 0 Å². The van der Waals surface area contributed by atoms with Gasteiger partial charge in [-0.05, 0) is 80.6 Å². The van der Waals surface area contributed by atoms with Gasteiger partial charge in [0, 0.05) is 63.7 Å². The zero-order chi connectivity index (χ0) is 37.6. The van der Waals surface area contributed by atoms with E-state index < -0.39 is 16.1 Å². The van der Waals surface area contributed by atoms with Gasteiger partial charge in [-0.2, -0.15) is 14.5 Å². The monoisotopic (exact) mass is 771 g/mol. The number of benzene rings is 2. The zero-order valence-electron chi connectivity index (χ0n) is 30.2. The zero-order valence-corrected chi connectivity index (χ0v) is 31.7.